The van der Waals surface area contributed by atoms with Gasteiger partial charge in [-0.2, -0.15) is 0 Å². The molecule has 2 aromatic rings. The molecule has 0 amide bonds. The minimum Gasteiger partial charge on any atom is -0.487 e. The van der Waals surface area contributed by atoms with Crippen molar-refractivity contribution in [1.82, 2.24) is 0 Å². The van der Waals surface area contributed by atoms with Gasteiger partial charge in [0, 0.05) is 0 Å². The van der Waals surface area contributed by atoms with E-state index in [1.54, 1.807) is 31.2 Å². The first kappa shape index (κ1) is 14.7. The lowest BCUT2D eigenvalue weighted by molar-refractivity contribution is -0.134. The van der Waals surface area contributed by atoms with Gasteiger partial charge in [-0.3, -0.25) is 0 Å². The molecule has 2 rings (SSSR count). The standard InChI is InChI=1S/C17H16O4/c1-3-19-13(2)17(18)21-16-12-8-7-11-15(16)20-14-9-5-4-6-10-14/h4-12H,2-3H2,1H3. The van der Waals surface area contributed by atoms with Crippen molar-refractivity contribution >= 4 is 5.97 Å². The average Bonchev–Trinajstić information content (AvgIpc) is 2.50. The van der Waals surface area contributed by atoms with E-state index in [-0.39, 0.29) is 5.76 Å². The highest BCUT2D eigenvalue weighted by Crippen LogP contribution is 2.31. The van der Waals surface area contributed by atoms with E-state index in [0.29, 0.717) is 23.9 Å². The van der Waals surface area contributed by atoms with Crippen LogP contribution < -0.4 is 9.47 Å². The summed E-state index contributed by atoms with van der Waals surface area (Å²) in [6, 6.07) is 16.2. The number of benzene rings is 2. The number of hydrogen-bond acceptors (Lipinski definition) is 4. The maximum Gasteiger partial charge on any atom is 0.378 e. The molecule has 0 saturated heterocycles. The van der Waals surface area contributed by atoms with Gasteiger partial charge in [-0.15, -0.1) is 0 Å². The van der Waals surface area contributed by atoms with Crippen molar-refractivity contribution in [2.24, 2.45) is 0 Å². The molecule has 2 aromatic carbocycles. The predicted molar refractivity (Wildman–Crippen MR) is 79.4 cm³/mol. The molecule has 0 aliphatic carbocycles. The maximum absolute atomic E-state index is 11.8. The van der Waals surface area contributed by atoms with Crippen molar-refractivity contribution in [2.75, 3.05) is 6.61 Å². The Balaban J connectivity index is 2.14. The first-order valence-electron chi connectivity index (χ1n) is 6.56. The Morgan fingerprint density at radius 1 is 1.00 bits per heavy atom. The molecule has 0 fully saturated rings. The fourth-order valence-corrected chi connectivity index (χ4v) is 1.62. The van der Waals surface area contributed by atoms with Crippen molar-refractivity contribution in [1.29, 1.82) is 0 Å². The van der Waals surface area contributed by atoms with E-state index >= 15 is 0 Å². The summed E-state index contributed by atoms with van der Waals surface area (Å²) in [4.78, 5) is 11.8. The van der Waals surface area contributed by atoms with E-state index in [0.717, 1.165) is 0 Å². The molecule has 0 saturated carbocycles. The zero-order valence-electron chi connectivity index (χ0n) is 11.7. The van der Waals surface area contributed by atoms with E-state index in [1.165, 1.54) is 0 Å². The van der Waals surface area contributed by atoms with Crippen LogP contribution in [0, 0.1) is 0 Å². The fraction of sp³-hybridized carbons (Fsp3) is 0.118. The molecule has 0 aliphatic heterocycles. The topological polar surface area (TPSA) is 44.8 Å². The summed E-state index contributed by atoms with van der Waals surface area (Å²) in [5.41, 5.74) is 0. The van der Waals surface area contributed by atoms with Crippen LogP contribution in [0.1, 0.15) is 6.92 Å². The molecule has 0 aliphatic rings. The number of rotatable bonds is 6. The molecule has 0 radical (unpaired) electrons. The molecule has 4 nitrogen and oxygen atoms in total. The second-order valence-electron chi connectivity index (χ2n) is 4.11. The third-order valence-corrected chi connectivity index (χ3v) is 2.57. The van der Waals surface area contributed by atoms with Gasteiger partial charge in [-0.25, -0.2) is 4.79 Å². The molecule has 0 spiro atoms. The first-order chi connectivity index (χ1) is 10.2. The van der Waals surface area contributed by atoms with E-state index in [9.17, 15) is 4.79 Å². The van der Waals surface area contributed by atoms with Crippen LogP contribution in [0.5, 0.6) is 17.2 Å². The second-order valence-corrected chi connectivity index (χ2v) is 4.11. The average molecular weight is 284 g/mol. The van der Waals surface area contributed by atoms with Crippen molar-refractivity contribution < 1.29 is 19.0 Å². The van der Waals surface area contributed by atoms with Gasteiger partial charge in [-0.1, -0.05) is 30.3 Å². The summed E-state index contributed by atoms with van der Waals surface area (Å²) in [7, 11) is 0. The lowest BCUT2D eigenvalue weighted by atomic mass is 10.3. The SMILES string of the molecule is C=C(OCC)C(=O)Oc1ccccc1Oc1ccccc1. The Kier molecular flexibility index (Phi) is 4.99. The van der Waals surface area contributed by atoms with Crippen LogP contribution in [0.25, 0.3) is 0 Å². The maximum atomic E-state index is 11.8. The Morgan fingerprint density at radius 3 is 2.29 bits per heavy atom. The summed E-state index contributed by atoms with van der Waals surface area (Å²) >= 11 is 0. The minimum absolute atomic E-state index is 0.0352. The van der Waals surface area contributed by atoms with Gasteiger partial charge in [0.2, 0.25) is 0 Å². The largest absolute Gasteiger partial charge is 0.487 e. The van der Waals surface area contributed by atoms with E-state index < -0.39 is 5.97 Å². The van der Waals surface area contributed by atoms with Crippen molar-refractivity contribution in [3.63, 3.8) is 0 Å². The second kappa shape index (κ2) is 7.14. The predicted octanol–water partition coefficient (Wildman–Crippen LogP) is 3.93. The van der Waals surface area contributed by atoms with Crippen LogP contribution in [0.2, 0.25) is 0 Å². The molecule has 0 heterocycles. The van der Waals surface area contributed by atoms with Gasteiger partial charge in [-0.05, 0) is 37.8 Å². The third kappa shape index (κ3) is 4.11. The number of carbonyl (C=O) groups is 1. The zero-order chi connectivity index (χ0) is 15.1. The molecule has 0 N–H and O–H groups in total. The lowest BCUT2D eigenvalue weighted by Crippen LogP contribution is -2.13. The highest BCUT2D eigenvalue weighted by Gasteiger charge is 2.14. The van der Waals surface area contributed by atoms with Crippen LogP contribution in [0.3, 0.4) is 0 Å². The van der Waals surface area contributed by atoms with Crippen LogP contribution in [-0.2, 0) is 9.53 Å². The summed E-state index contributed by atoms with van der Waals surface area (Å²) in [6.07, 6.45) is 0. The van der Waals surface area contributed by atoms with E-state index in [1.807, 2.05) is 30.3 Å². The van der Waals surface area contributed by atoms with Crippen LogP contribution in [0.15, 0.2) is 66.9 Å². The smallest absolute Gasteiger partial charge is 0.378 e. The highest BCUT2D eigenvalue weighted by molar-refractivity contribution is 5.87. The van der Waals surface area contributed by atoms with Crippen LogP contribution in [0.4, 0.5) is 0 Å². The molecule has 0 atom stereocenters. The molecular weight excluding hydrogens is 268 g/mol. The van der Waals surface area contributed by atoms with E-state index in [4.69, 9.17) is 14.2 Å². The molecule has 0 unspecified atom stereocenters. The number of carbonyl (C=O) groups excluding carboxylic acids is 1. The number of ether oxygens (including phenoxy) is 3. The summed E-state index contributed by atoms with van der Waals surface area (Å²) in [5, 5.41) is 0. The van der Waals surface area contributed by atoms with Gasteiger partial charge in [0.25, 0.3) is 0 Å². The lowest BCUT2D eigenvalue weighted by Gasteiger charge is -2.12. The molecule has 4 heteroatoms. The van der Waals surface area contributed by atoms with Crippen molar-refractivity contribution in [3.8, 4) is 17.2 Å². The van der Waals surface area contributed by atoms with Crippen molar-refractivity contribution in [3.05, 3.63) is 66.9 Å². The Morgan fingerprint density at radius 2 is 1.62 bits per heavy atom. The zero-order valence-corrected chi connectivity index (χ0v) is 11.7. The fourth-order valence-electron chi connectivity index (χ4n) is 1.62. The number of para-hydroxylation sites is 3. The monoisotopic (exact) mass is 284 g/mol. The minimum atomic E-state index is -0.638. The van der Waals surface area contributed by atoms with Crippen LogP contribution in [-0.4, -0.2) is 12.6 Å². The molecule has 0 bridgehead atoms. The number of hydrogen-bond donors (Lipinski definition) is 0. The summed E-state index contributed by atoms with van der Waals surface area (Å²) in [6.45, 7) is 5.64. The van der Waals surface area contributed by atoms with Gasteiger partial charge < -0.3 is 14.2 Å². The normalized spacial score (nSPS) is 9.76. The summed E-state index contributed by atoms with van der Waals surface area (Å²) in [5.74, 6) is 0.742. The Hall–Kier alpha value is -2.75. The molecule has 0 aromatic heterocycles. The van der Waals surface area contributed by atoms with Crippen LogP contribution >= 0.6 is 0 Å². The molecule has 108 valence electrons. The quantitative estimate of drug-likeness (QED) is 0.349. The third-order valence-electron chi connectivity index (χ3n) is 2.57. The van der Waals surface area contributed by atoms with Gasteiger partial charge in [0.15, 0.2) is 17.3 Å². The first-order valence-corrected chi connectivity index (χ1v) is 6.56. The van der Waals surface area contributed by atoms with Gasteiger partial charge in [0.1, 0.15) is 5.75 Å². The number of esters is 1. The molecule has 21 heavy (non-hydrogen) atoms. The highest BCUT2D eigenvalue weighted by atomic mass is 16.6. The van der Waals surface area contributed by atoms with Crippen molar-refractivity contribution in [2.45, 2.75) is 6.92 Å². The van der Waals surface area contributed by atoms with E-state index in [2.05, 4.69) is 6.58 Å². The molecular formula is C17H16O4. The van der Waals surface area contributed by atoms with Gasteiger partial charge in [0.05, 0.1) is 6.61 Å². The Bertz CT molecular complexity index is 620. The summed E-state index contributed by atoms with van der Waals surface area (Å²) < 4.78 is 16.0. The van der Waals surface area contributed by atoms with Gasteiger partial charge >= 0.3 is 5.97 Å². The Labute approximate surface area is 123 Å².